The van der Waals surface area contributed by atoms with Crippen LogP contribution in [-0.4, -0.2) is 40.9 Å². The number of aliphatic hydroxyl groups excluding tert-OH is 1. The van der Waals surface area contributed by atoms with Crippen LogP contribution < -0.4 is 15.4 Å². The summed E-state index contributed by atoms with van der Waals surface area (Å²) in [5, 5.41) is 17.4. The molecule has 252 valence electrons. The van der Waals surface area contributed by atoms with Crippen LogP contribution in [0.2, 0.25) is 0 Å². The predicted octanol–water partition coefficient (Wildman–Crippen LogP) is 7.30. The Morgan fingerprint density at radius 2 is 1.71 bits per heavy atom. The minimum atomic E-state index is -1.27. The number of rotatable bonds is 11. The molecule has 2 unspecified atom stereocenters. The van der Waals surface area contributed by atoms with Gasteiger partial charge in [-0.15, -0.1) is 0 Å². The van der Waals surface area contributed by atoms with Gasteiger partial charge in [-0.25, -0.2) is 9.59 Å². The number of allylic oxidation sites excluding steroid dienone is 2. The zero-order valence-electron chi connectivity index (χ0n) is 28.3. The van der Waals surface area contributed by atoms with Gasteiger partial charge in [0.25, 0.3) is 0 Å². The average Bonchev–Trinajstić information content (AvgIpc) is 3.82. The number of aliphatic hydroxyl groups is 1. The van der Waals surface area contributed by atoms with E-state index < -0.39 is 29.3 Å². The van der Waals surface area contributed by atoms with Crippen molar-refractivity contribution in [3.8, 4) is 5.75 Å². The maximum atomic E-state index is 13.4. The van der Waals surface area contributed by atoms with Crippen molar-refractivity contribution in [2.45, 2.75) is 77.7 Å². The summed E-state index contributed by atoms with van der Waals surface area (Å²) in [7, 11) is 0. The molecule has 0 radical (unpaired) electrons. The van der Waals surface area contributed by atoms with E-state index in [0.717, 1.165) is 22.3 Å². The molecule has 0 aromatic heterocycles. The Kier molecular flexibility index (Phi) is 9.98. The van der Waals surface area contributed by atoms with Crippen LogP contribution in [0.4, 0.5) is 4.79 Å². The van der Waals surface area contributed by atoms with Gasteiger partial charge in [0.05, 0.1) is 6.61 Å². The normalized spacial score (nSPS) is 20.8. The van der Waals surface area contributed by atoms with Crippen molar-refractivity contribution in [1.29, 1.82) is 0 Å². The molecule has 4 atom stereocenters. The molecule has 1 fully saturated rings. The number of alkyl carbamates (subject to hydrolysis) is 1. The van der Waals surface area contributed by atoms with E-state index in [4.69, 9.17) is 14.2 Å². The van der Waals surface area contributed by atoms with Crippen molar-refractivity contribution in [1.82, 2.24) is 10.6 Å². The van der Waals surface area contributed by atoms with E-state index in [-0.39, 0.29) is 36.7 Å². The summed E-state index contributed by atoms with van der Waals surface area (Å²) in [6, 6.07) is 23.2. The first-order valence-electron chi connectivity index (χ1n) is 16.3. The summed E-state index contributed by atoms with van der Waals surface area (Å²) in [6.07, 6.45) is 2.04. The van der Waals surface area contributed by atoms with Crippen molar-refractivity contribution in [2.24, 2.45) is 5.92 Å². The van der Waals surface area contributed by atoms with Gasteiger partial charge in [0.2, 0.25) is 5.91 Å². The molecule has 3 aromatic rings. The van der Waals surface area contributed by atoms with E-state index in [0.29, 0.717) is 23.3 Å². The van der Waals surface area contributed by atoms with Crippen LogP contribution in [0.1, 0.15) is 82.2 Å². The molecule has 0 heterocycles. The molecular formula is C39H44N2O7. The van der Waals surface area contributed by atoms with E-state index in [1.165, 1.54) is 0 Å². The lowest BCUT2D eigenvalue weighted by Crippen LogP contribution is -2.38. The van der Waals surface area contributed by atoms with Crippen LogP contribution >= 0.6 is 0 Å². The maximum absolute atomic E-state index is 13.4. The molecule has 0 bridgehead atoms. The molecule has 2 aliphatic rings. The number of hydrogen-bond donors (Lipinski definition) is 3. The van der Waals surface area contributed by atoms with E-state index in [1.54, 1.807) is 58.9 Å². The Balaban J connectivity index is 1.37. The van der Waals surface area contributed by atoms with Crippen molar-refractivity contribution >= 4 is 23.5 Å². The van der Waals surface area contributed by atoms with Gasteiger partial charge in [-0.2, -0.15) is 0 Å². The van der Waals surface area contributed by atoms with Crippen molar-refractivity contribution in [3.63, 3.8) is 0 Å². The Labute approximate surface area is 282 Å². The zero-order valence-corrected chi connectivity index (χ0v) is 28.3. The van der Waals surface area contributed by atoms with Crippen molar-refractivity contribution in [3.05, 3.63) is 119 Å². The van der Waals surface area contributed by atoms with Crippen LogP contribution in [-0.2, 0) is 25.6 Å². The van der Waals surface area contributed by atoms with Gasteiger partial charge in [-0.3, -0.25) is 4.79 Å². The molecular weight excluding hydrogens is 608 g/mol. The molecule has 2 amide bonds. The first-order chi connectivity index (χ1) is 22.8. The average molecular weight is 653 g/mol. The van der Waals surface area contributed by atoms with Crippen LogP contribution in [0.5, 0.6) is 5.75 Å². The summed E-state index contributed by atoms with van der Waals surface area (Å²) in [6.45, 7) is 11.1. The molecule has 9 heteroatoms. The Hall–Kier alpha value is -5.05. The van der Waals surface area contributed by atoms with Gasteiger partial charge in [0.1, 0.15) is 17.1 Å². The van der Waals surface area contributed by atoms with E-state index in [1.807, 2.05) is 67.6 Å². The summed E-state index contributed by atoms with van der Waals surface area (Å²) in [4.78, 5) is 38.9. The lowest BCUT2D eigenvalue weighted by Gasteiger charge is -2.31. The highest BCUT2D eigenvalue weighted by Gasteiger charge is 2.46. The van der Waals surface area contributed by atoms with E-state index in [9.17, 15) is 19.5 Å². The fourth-order valence-electron chi connectivity index (χ4n) is 5.88. The minimum absolute atomic E-state index is 0.00698. The molecule has 2 aliphatic carbocycles. The molecule has 3 aromatic carbocycles. The number of carbonyl (C=O) groups excluding carboxylic acids is 3. The van der Waals surface area contributed by atoms with Crippen molar-refractivity contribution < 1.29 is 33.7 Å². The van der Waals surface area contributed by atoms with Crippen molar-refractivity contribution in [2.75, 3.05) is 6.61 Å². The van der Waals surface area contributed by atoms with Gasteiger partial charge in [0, 0.05) is 23.6 Å². The highest BCUT2D eigenvalue weighted by Crippen LogP contribution is 2.48. The van der Waals surface area contributed by atoms with Crippen LogP contribution in [0, 0.1) is 5.92 Å². The molecule has 0 aliphatic heterocycles. The number of ether oxygens (including phenoxy) is 3. The monoisotopic (exact) mass is 652 g/mol. The van der Waals surface area contributed by atoms with Gasteiger partial charge in [-0.1, -0.05) is 66.7 Å². The lowest BCUT2D eigenvalue weighted by atomic mass is 9.97. The molecule has 0 saturated heterocycles. The fraction of sp³-hybridized carbons (Fsp3) is 0.359. The number of nitrogens with one attached hydrogen (secondary N) is 2. The number of hydrogen-bond acceptors (Lipinski definition) is 7. The Morgan fingerprint density at radius 1 is 1.00 bits per heavy atom. The number of esters is 1. The summed E-state index contributed by atoms with van der Waals surface area (Å²) in [5.74, 6) is -0.666. The predicted molar refractivity (Wildman–Crippen MR) is 183 cm³/mol. The van der Waals surface area contributed by atoms with Crippen LogP contribution in [0.3, 0.4) is 0 Å². The second-order valence-electron chi connectivity index (χ2n) is 13.4. The highest BCUT2D eigenvalue weighted by molar-refractivity contribution is 5.89. The van der Waals surface area contributed by atoms with Gasteiger partial charge >= 0.3 is 12.1 Å². The number of benzene rings is 3. The molecule has 1 saturated carbocycles. The largest absolute Gasteiger partial charge is 0.507 e. The summed E-state index contributed by atoms with van der Waals surface area (Å²) >= 11 is 0. The second kappa shape index (κ2) is 14.0. The highest BCUT2D eigenvalue weighted by atomic mass is 16.6. The van der Waals surface area contributed by atoms with Gasteiger partial charge < -0.3 is 30.0 Å². The van der Waals surface area contributed by atoms with Gasteiger partial charge in [-0.05, 0) is 94.4 Å². The number of para-hydroxylation sites is 1. The molecule has 3 N–H and O–H groups in total. The Morgan fingerprint density at radius 3 is 2.42 bits per heavy atom. The van der Waals surface area contributed by atoms with E-state index >= 15 is 0 Å². The first kappa shape index (κ1) is 34.3. The standard InChI is InChI=1S/C39H44N2O7/c1-7-46-36(44)33(41-35(43)31-22-29(31)26-15-9-8-10-16-26)28-18-11-12-19-32(28)47-39(6)24(2)20-30(34(39)42)27-17-13-14-25(21-27)23-40-37(45)48-38(3,4)5/h8-21,29,31,33,42H,7,22-23H2,1-6H3,(H,40,45)(H,41,43)/t29-,31+,33?,39?/m0/s1. The molecule has 48 heavy (non-hydrogen) atoms. The second-order valence-corrected chi connectivity index (χ2v) is 13.4. The quantitative estimate of drug-likeness (QED) is 0.186. The third kappa shape index (κ3) is 7.73. The third-order valence-corrected chi connectivity index (χ3v) is 8.60. The summed E-state index contributed by atoms with van der Waals surface area (Å²) < 4.78 is 17.3. The molecule has 0 spiro atoms. The third-order valence-electron chi connectivity index (χ3n) is 8.60. The number of amides is 2. The summed E-state index contributed by atoms with van der Waals surface area (Å²) in [5.41, 5.74) is 2.51. The molecule has 5 rings (SSSR count). The Bertz CT molecular complexity index is 1740. The minimum Gasteiger partial charge on any atom is -0.507 e. The molecule has 9 nitrogen and oxygen atoms in total. The van der Waals surface area contributed by atoms with Crippen LogP contribution in [0.25, 0.3) is 5.57 Å². The maximum Gasteiger partial charge on any atom is 0.407 e. The first-order valence-corrected chi connectivity index (χ1v) is 16.3. The van der Waals surface area contributed by atoms with Crippen LogP contribution in [0.15, 0.2) is 96.3 Å². The number of carbonyl (C=O) groups is 3. The topological polar surface area (TPSA) is 123 Å². The lowest BCUT2D eigenvalue weighted by molar-refractivity contribution is -0.147. The van der Waals surface area contributed by atoms with E-state index in [2.05, 4.69) is 10.6 Å². The van der Waals surface area contributed by atoms with Gasteiger partial charge in [0.15, 0.2) is 11.6 Å². The smallest absolute Gasteiger partial charge is 0.407 e. The SMILES string of the molecule is CCOC(=O)C(NC(=O)[C@@H]1C[C@H]1c1ccccc1)c1ccccc1OC1(C)C(C)=CC(c2cccc(CNC(=O)OC(C)(C)C)c2)=C1O. The fourth-order valence-corrected chi connectivity index (χ4v) is 5.88. The zero-order chi connectivity index (χ0) is 34.6.